The third-order valence-corrected chi connectivity index (χ3v) is 1.88. The number of benzene rings is 1. The zero-order valence-corrected chi connectivity index (χ0v) is 9.01. The number of ether oxygens (including phenoxy) is 1. The predicted molar refractivity (Wildman–Crippen MR) is 59.3 cm³/mol. The van der Waals surface area contributed by atoms with Crippen LogP contribution in [0, 0.1) is 0 Å². The number of anilines is 1. The van der Waals surface area contributed by atoms with E-state index in [1.165, 1.54) is 31.4 Å². The average molecular weight is 235 g/mol. The number of rotatable bonds is 3. The molecule has 1 rings (SSSR count). The summed E-state index contributed by atoms with van der Waals surface area (Å²) < 4.78 is 4.49. The SMILES string of the molecule is [B]C(O)(O)C(=O)Nc1cccc(C(=O)OC)c1. The Morgan fingerprint density at radius 3 is 2.59 bits per heavy atom. The topological polar surface area (TPSA) is 95.9 Å². The molecule has 0 heterocycles. The number of methoxy groups -OCH3 is 1. The number of aliphatic hydroxyl groups is 2. The van der Waals surface area contributed by atoms with Crippen molar-refractivity contribution in [2.24, 2.45) is 0 Å². The first-order valence-electron chi connectivity index (χ1n) is 4.58. The minimum Gasteiger partial charge on any atom is -0.465 e. The van der Waals surface area contributed by atoms with Gasteiger partial charge in [-0.15, -0.1) is 0 Å². The first-order valence-corrected chi connectivity index (χ1v) is 4.58. The molecule has 0 saturated carbocycles. The van der Waals surface area contributed by atoms with Gasteiger partial charge in [0.15, 0.2) is 13.5 Å². The molecule has 0 aliphatic carbocycles. The van der Waals surface area contributed by atoms with Crippen molar-refractivity contribution in [2.75, 3.05) is 12.4 Å². The Balaban J connectivity index is 2.87. The van der Waals surface area contributed by atoms with Gasteiger partial charge in [0, 0.05) is 5.69 Å². The second-order valence-corrected chi connectivity index (χ2v) is 3.25. The lowest BCUT2D eigenvalue weighted by Crippen LogP contribution is -2.43. The Morgan fingerprint density at radius 2 is 2.06 bits per heavy atom. The molecule has 6 nitrogen and oxygen atoms in total. The van der Waals surface area contributed by atoms with Crippen molar-refractivity contribution in [2.45, 2.75) is 5.69 Å². The Morgan fingerprint density at radius 1 is 1.41 bits per heavy atom. The van der Waals surface area contributed by atoms with Gasteiger partial charge in [-0.1, -0.05) is 6.07 Å². The van der Waals surface area contributed by atoms with Crippen LogP contribution in [0.5, 0.6) is 0 Å². The highest BCUT2D eigenvalue weighted by Crippen LogP contribution is 2.12. The molecule has 7 heteroatoms. The molecule has 0 fully saturated rings. The first kappa shape index (κ1) is 13.2. The molecule has 0 aliphatic rings. The van der Waals surface area contributed by atoms with Gasteiger partial charge in [0.25, 0.3) is 5.91 Å². The number of hydrogen-bond donors (Lipinski definition) is 3. The van der Waals surface area contributed by atoms with Crippen molar-refractivity contribution in [3.05, 3.63) is 29.8 Å². The van der Waals surface area contributed by atoms with E-state index in [4.69, 9.17) is 18.1 Å². The summed E-state index contributed by atoms with van der Waals surface area (Å²) in [5.74, 6) is -1.78. The summed E-state index contributed by atoms with van der Waals surface area (Å²) >= 11 is 0. The summed E-state index contributed by atoms with van der Waals surface area (Å²) in [6, 6.07) is 5.75. The normalized spacial score (nSPS) is 10.8. The van der Waals surface area contributed by atoms with E-state index in [0.717, 1.165) is 0 Å². The van der Waals surface area contributed by atoms with Crippen LogP contribution in [0.1, 0.15) is 10.4 Å². The Bertz CT molecular complexity index is 441. The van der Waals surface area contributed by atoms with Gasteiger partial charge in [-0.05, 0) is 18.2 Å². The highest BCUT2D eigenvalue weighted by Gasteiger charge is 2.25. The number of carbonyl (C=O) groups is 2. The molecule has 2 radical (unpaired) electrons. The molecule has 0 saturated heterocycles. The monoisotopic (exact) mass is 235 g/mol. The quantitative estimate of drug-likeness (QED) is 0.362. The van der Waals surface area contributed by atoms with Gasteiger partial charge in [-0.3, -0.25) is 4.79 Å². The Labute approximate surface area is 98.6 Å². The fraction of sp³-hybridized carbons (Fsp3) is 0.200. The van der Waals surface area contributed by atoms with Crippen LogP contribution in [-0.4, -0.2) is 42.7 Å². The van der Waals surface area contributed by atoms with E-state index in [9.17, 15) is 9.59 Å². The standard InChI is InChI=1S/C10H10BNO5/c1-17-8(13)6-3-2-4-7(5-6)12-9(14)10(11,15)16/h2-5,15-16H,1H3,(H,12,14). The summed E-state index contributed by atoms with van der Waals surface area (Å²) in [7, 11) is 5.98. The largest absolute Gasteiger partial charge is 0.465 e. The van der Waals surface area contributed by atoms with Crippen LogP contribution in [0.2, 0.25) is 0 Å². The van der Waals surface area contributed by atoms with E-state index >= 15 is 0 Å². The van der Waals surface area contributed by atoms with Crippen molar-refractivity contribution < 1.29 is 24.5 Å². The second-order valence-electron chi connectivity index (χ2n) is 3.25. The van der Waals surface area contributed by atoms with Crippen molar-refractivity contribution in [3.63, 3.8) is 0 Å². The van der Waals surface area contributed by atoms with Crippen LogP contribution in [0.25, 0.3) is 0 Å². The van der Waals surface area contributed by atoms with Gasteiger partial charge >= 0.3 is 5.97 Å². The van der Waals surface area contributed by atoms with Crippen molar-refractivity contribution >= 4 is 25.4 Å². The van der Waals surface area contributed by atoms with E-state index in [0.29, 0.717) is 0 Å². The zero-order valence-electron chi connectivity index (χ0n) is 9.01. The van der Waals surface area contributed by atoms with Crippen molar-refractivity contribution in [1.29, 1.82) is 0 Å². The van der Waals surface area contributed by atoms with Gasteiger partial charge in [-0.25, -0.2) is 4.79 Å². The third kappa shape index (κ3) is 3.58. The molecular weight excluding hydrogens is 225 g/mol. The van der Waals surface area contributed by atoms with E-state index in [1.54, 1.807) is 0 Å². The van der Waals surface area contributed by atoms with Crippen molar-refractivity contribution in [3.8, 4) is 0 Å². The van der Waals surface area contributed by atoms with E-state index in [1.807, 2.05) is 0 Å². The van der Waals surface area contributed by atoms with Crippen LogP contribution in [0.15, 0.2) is 24.3 Å². The second kappa shape index (κ2) is 4.98. The van der Waals surface area contributed by atoms with E-state index < -0.39 is 17.6 Å². The van der Waals surface area contributed by atoms with Crippen LogP contribution < -0.4 is 5.32 Å². The lowest BCUT2D eigenvalue weighted by Gasteiger charge is -2.16. The van der Waals surface area contributed by atoms with Crippen molar-refractivity contribution in [1.82, 2.24) is 0 Å². The summed E-state index contributed by atoms with van der Waals surface area (Å²) in [5.41, 5.74) is -2.57. The fourth-order valence-electron chi connectivity index (χ4n) is 1.06. The summed E-state index contributed by atoms with van der Waals surface area (Å²) in [4.78, 5) is 22.3. The molecule has 0 unspecified atom stereocenters. The average Bonchev–Trinajstić information content (AvgIpc) is 2.27. The number of amides is 1. The zero-order chi connectivity index (χ0) is 13.1. The fourth-order valence-corrected chi connectivity index (χ4v) is 1.06. The molecule has 0 aromatic heterocycles. The number of hydrogen-bond acceptors (Lipinski definition) is 5. The van der Waals surface area contributed by atoms with Gasteiger partial charge in [0.1, 0.15) is 0 Å². The smallest absolute Gasteiger partial charge is 0.337 e. The van der Waals surface area contributed by atoms with Crippen LogP contribution in [-0.2, 0) is 9.53 Å². The molecule has 0 aliphatic heterocycles. The molecule has 1 aromatic rings. The lowest BCUT2D eigenvalue weighted by molar-refractivity contribution is -0.151. The van der Waals surface area contributed by atoms with Gasteiger partial charge in [0.2, 0.25) is 0 Å². The van der Waals surface area contributed by atoms with Gasteiger partial charge in [-0.2, -0.15) is 0 Å². The predicted octanol–water partition coefficient (Wildman–Crippen LogP) is -0.781. The molecule has 3 N–H and O–H groups in total. The Kier molecular flexibility index (Phi) is 3.87. The molecule has 0 atom stereocenters. The van der Waals surface area contributed by atoms with Crippen LogP contribution >= 0.6 is 0 Å². The summed E-state index contributed by atoms with van der Waals surface area (Å²) in [6.07, 6.45) is 0. The minimum absolute atomic E-state index is 0.191. The van der Waals surface area contributed by atoms with E-state index in [2.05, 4.69) is 10.1 Å². The van der Waals surface area contributed by atoms with Crippen LogP contribution in [0.4, 0.5) is 5.69 Å². The minimum atomic E-state index is -2.97. The highest BCUT2D eigenvalue weighted by molar-refractivity contribution is 6.27. The molecule has 0 spiro atoms. The lowest BCUT2D eigenvalue weighted by atomic mass is 9.94. The maximum Gasteiger partial charge on any atom is 0.337 e. The molecule has 88 valence electrons. The number of carbonyl (C=O) groups excluding carboxylic acids is 2. The Hall–Kier alpha value is -1.86. The number of esters is 1. The maximum absolute atomic E-state index is 11.2. The highest BCUT2D eigenvalue weighted by atomic mass is 16.5. The third-order valence-electron chi connectivity index (χ3n) is 1.88. The first-order chi connectivity index (χ1) is 7.84. The summed E-state index contributed by atoms with van der Waals surface area (Å²) in [5, 5.41) is 19.7. The summed E-state index contributed by atoms with van der Waals surface area (Å²) in [6.45, 7) is 0. The molecule has 0 bridgehead atoms. The maximum atomic E-state index is 11.2. The van der Waals surface area contributed by atoms with Gasteiger partial charge < -0.3 is 20.3 Å². The number of nitrogens with one attached hydrogen (secondary N) is 1. The molecular formula is C10H10BNO5. The molecule has 1 amide bonds. The van der Waals surface area contributed by atoms with Gasteiger partial charge in [0.05, 0.1) is 12.7 Å². The molecule has 1 aromatic carbocycles. The molecule has 17 heavy (non-hydrogen) atoms. The van der Waals surface area contributed by atoms with E-state index in [-0.39, 0.29) is 11.3 Å². The van der Waals surface area contributed by atoms with Crippen LogP contribution in [0.3, 0.4) is 0 Å².